The first kappa shape index (κ1) is 14.9. The van der Waals surface area contributed by atoms with E-state index in [0.717, 1.165) is 34.0 Å². The summed E-state index contributed by atoms with van der Waals surface area (Å²) < 4.78 is 5.16. The van der Waals surface area contributed by atoms with Gasteiger partial charge in [0.15, 0.2) is 0 Å². The Labute approximate surface area is 143 Å². The fourth-order valence-electron chi connectivity index (χ4n) is 2.79. The average Bonchev–Trinajstić information content (AvgIpc) is 3.30. The van der Waals surface area contributed by atoms with Crippen LogP contribution >= 0.6 is 11.3 Å². The number of hydrogen-bond donors (Lipinski definition) is 1. The molecule has 2 aromatic heterocycles. The van der Waals surface area contributed by atoms with E-state index in [2.05, 4.69) is 15.2 Å². The van der Waals surface area contributed by atoms with Crippen LogP contribution in [0.4, 0.5) is 0 Å². The van der Waals surface area contributed by atoms with Crippen LogP contribution in [0.5, 0.6) is 5.75 Å². The molecule has 6 nitrogen and oxygen atoms in total. The van der Waals surface area contributed by atoms with Crippen LogP contribution in [0.25, 0.3) is 10.6 Å². The van der Waals surface area contributed by atoms with E-state index in [9.17, 15) is 4.79 Å². The highest BCUT2D eigenvalue weighted by molar-refractivity contribution is 7.16. The van der Waals surface area contributed by atoms with Gasteiger partial charge in [-0.05, 0) is 24.3 Å². The molecular formula is C17H16N4O2S. The van der Waals surface area contributed by atoms with Gasteiger partial charge in [0.1, 0.15) is 15.6 Å². The molecule has 0 unspecified atom stereocenters. The second-order valence-corrected chi connectivity index (χ2v) is 6.64. The third-order valence-electron chi connectivity index (χ3n) is 4.14. The maximum Gasteiger partial charge on any atom is 0.265 e. The molecule has 1 aromatic carbocycles. The molecule has 0 aliphatic carbocycles. The summed E-state index contributed by atoms with van der Waals surface area (Å²) in [6.07, 6.45) is 4.27. The number of thiazole rings is 1. The minimum atomic E-state index is 0.0270. The molecule has 0 bridgehead atoms. The molecule has 0 saturated carbocycles. The summed E-state index contributed by atoms with van der Waals surface area (Å²) >= 11 is 1.42. The third-order valence-corrected chi connectivity index (χ3v) is 5.18. The highest BCUT2D eigenvalue weighted by Crippen LogP contribution is 2.28. The fourth-order valence-corrected chi connectivity index (χ4v) is 3.68. The molecule has 0 fully saturated rings. The first-order valence-electron chi connectivity index (χ1n) is 7.65. The van der Waals surface area contributed by atoms with Crippen molar-refractivity contribution in [3.05, 3.63) is 52.8 Å². The quantitative estimate of drug-likeness (QED) is 0.796. The molecule has 122 valence electrons. The predicted octanol–water partition coefficient (Wildman–Crippen LogP) is 2.74. The van der Waals surface area contributed by atoms with Gasteiger partial charge in [-0.15, -0.1) is 11.3 Å². The molecule has 7 heteroatoms. The standard InChI is InChI=1S/C17H16N4O2S/c1-23-13-4-2-11(3-5-13)16-18-9-15(24-16)17(22)21-7-6-14-12(10-21)8-19-20-14/h2-5,8-9H,6-7,10H2,1H3,(H,19,20). The number of amides is 1. The molecule has 1 N–H and O–H groups in total. The maximum absolute atomic E-state index is 12.7. The largest absolute Gasteiger partial charge is 0.497 e. The number of ether oxygens (including phenoxy) is 1. The summed E-state index contributed by atoms with van der Waals surface area (Å²) in [5.74, 6) is 0.829. The molecule has 1 aliphatic heterocycles. The number of hydrogen-bond acceptors (Lipinski definition) is 5. The van der Waals surface area contributed by atoms with Crippen molar-refractivity contribution in [1.29, 1.82) is 0 Å². The first-order chi connectivity index (χ1) is 11.7. The second kappa shape index (κ2) is 6.09. The van der Waals surface area contributed by atoms with Crippen LogP contribution in [-0.4, -0.2) is 39.6 Å². The minimum absolute atomic E-state index is 0.0270. The Kier molecular flexibility index (Phi) is 3.78. The summed E-state index contributed by atoms with van der Waals surface area (Å²) in [5.41, 5.74) is 3.20. The van der Waals surface area contributed by atoms with Crippen LogP contribution in [0.2, 0.25) is 0 Å². The summed E-state index contributed by atoms with van der Waals surface area (Å²) in [4.78, 5) is 19.6. The highest BCUT2D eigenvalue weighted by Gasteiger charge is 2.24. The number of aromatic nitrogens is 3. The zero-order valence-electron chi connectivity index (χ0n) is 13.2. The predicted molar refractivity (Wildman–Crippen MR) is 91.1 cm³/mol. The highest BCUT2D eigenvalue weighted by atomic mass is 32.1. The molecule has 3 heterocycles. The van der Waals surface area contributed by atoms with E-state index in [0.29, 0.717) is 18.0 Å². The number of carbonyl (C=O) groups excluding carboxylic acids is 1. The van der Waals surface area contributed by atoms with Gasteiger partial charge in [0.2, 0.25) is 0 Å². The fraction of sp³-hybridized carbons (Fsp3) is 0.235. The Morgan fingerprint density at radius 3 is 2.92 bits per heavy atom. The van der Waals surface area contributed by atoms with Gasteiger partial charge in [-0.1, -0.05) is 0 Å². The number of benzene rings is 1. The van der Waals surface area contributed by atoms with Crippen LogP contribution in [-0.2, 0) is 13.0 Å². The van der Waals surface area contributed by atoms with Crippen molar-refractivity contribution in [2.75, 3.05) is 13.7 Å². The SMILES string of the molecule is COc1ccc(-c2ncc(C(=O)N3CCc4[nH]ncc4C3)s2)cc1. The van der Waals surface area contributed by atoms with Crippen LogP contribution in [0, 0.1) is 0 Å². The van der Waals surface area contributed by atoms with E-state index in [1.165, 1.54) is 11.3 Å². The van der Waals surface area contributed by atoms with Gasteiger partial charge in [-0.25, -0.2) is 4.98 Å². The monoisotopic (exact) mass is 340 g/mol. The Morgan fingerprint density at radius 2 is 2.12 bits per heavy atom. The van der Waals surface area contributed by atoms with Gasteiger partial charge >= 0.3 is 0 Å². The first-order valence-corrected chi connectivity index (χ1v) is 8.47. The molecule has 0 spiro atoms. The van der Waals surface area contributed by atoms with Crippen LogP contribution in [0.1, 0.15) is 20.9 Å². The van der Waals surface area contributed by atoms with Crippen molar-refractivity contribution in [1.82, 2.24) is 20.1 Å². The lowest BCUT2D eigenvalue weighted by atomic mass is 10.1. The van der Waals surface area contributed by atoms with Crippen molar-refractivity contribution in [2.45, 2.75) is 13.0 Å². The summed E-state index contributed by atoms with van der Waals surface area (Å²) in [5, 5.41) is 7.86. The lowest BCUT2D eigenvalue weighted by Gasteiger charge is -2.25. The topological polar surface area (TPSA) is 71.1 Å². The molecule has 3 aromatic rings. The summed E-state index contributed by atoms with van der Waals surface area (Å²) in [6, 6.07) is 7.68. The Balaban J connectivity index is 1.53. The molecule has 1 amide bonds. The number of H-pyrrole nitrogens is 1. The second-order valence-electron chi connectivity index (χ2n) is 5.61. The Morgan fingerprint density at radius 1 is 1.29 bits per heavy atom. The zero-order chi connectivity index (χ0) is 16.5. The number of fused-ring (bicyclic) bond motifs is 1. The van der Waals surface area contributed by atoms with Crippen molar-refractivity contribution in [3.8, 4) is 16.3 Å². The van der Waals surface area contributed by atoms with Crippen molar-refractivity contribution in [3.63, 3.8) is 0 Å². The van der Waals surface area contributed by atoms with E-state index >= 15 is 0 Å². The number of nitrogens with one attached hydrogen (secondary N) is 1. The molecule has 4 rings (SSSR count). The third kappa shape index (κ3) is 2.67. The summed E-state index contributed by atoms with van der Waals surface area (Å²) in [7, 11) is 1.64. The minimum Gasteiger partial charge on any atom is -0.497 e. The lowest BCUT2D eigenvalue weighted by Crippen LogP contribution is -2.35. The van der Waals surface area contributed by atoms with Gasteiger partial charge in [-0.2, -0.15) is 5.10 Å². The molecule has 24 heavy (non-hydrogen) atoms. The lowest BCUT2D eigenvalue weighted by molar-refractivity contribution is 0.0739. The van der Waals surface area contributed by atoms with Crippen LogP contribution in [0.15, 0.2) is 36.7 Å². The summed E-state index contributed by atoms with van der Waals surface area (Å²) in [6.45, 7) is 1.30. The molecule has 0 saturated heterocycles. The average molecular weight is 340 g/mol. The zero-order valence-corrected chi connectivity index (χ0v) is 14.0. The molecule has 0 atom stereocenters. The molecule has 1 aliphatic rings. The number of carbonyl (C=O) groups is 1. The Bertz CT molecular complexity index is 869. The van der Waals surface area contributed by atoms with E-state index in [-0.39, 0.29) is 5.91 Å². The van der Waals surface area contributed by atoms with Crippen LogP contribution in [0.3, 0.4) is 0 Å². The van der Waals surface area contributed by atoms with Gasteiger partial charge in [0.25, 0.3) is 5.91 Å². The van der Waals surface area contributed by atoms with Crippen molar-refractivity contribution < 1.29 is 9.53 Å². The van der Waals surface area contributed by atoms with Crippen molar-refractivity contribution >= 4 is 17.2 Å². The smallest absolute Gasteiger partial charge is 0.265 e. The number of nitrogens with zero attached hydrogens (tertiary/aromatic N) is 3. The Hall–Kier alpha value is -2.67. The van der Waals surface area contributed by atoms with E-state index in [1.807, 2.05) is 29.2 Å². The van der Waals surface area contributed by atoms with E-state index in [4.69, 9.17) is 4.74 Å². The molecule has 0 radical (unpaired) electrons. The van der Waals surface area contributed by atoms with Gasteiger partial charge in [-0.3, -0.25) is 9.89 Å². The number of methoxy groups -OCH3 is 1. The number of rotatable bonds is 3. The maximum atomic E-state index is 12.7. The molecular weight excluding hydrogens is 324 g/mol. The van der Waals surface area contributed by atoms with Crippen molar-refractivity contribution in [2.24, 2.45) is 0 Å². The number of aromatic amines is 1. The normalized spacial score (nSPS) is 13.6. The van der Waals surface area contributed by atoms with E-state index < -0.39 is 0 Å². The van der Waals surface area contributed by atoms with Gasteiger partial charge in [0, 0.05) is 36.3 Å². The van der Waals surface area contributed by atoms with E-state index in [1.54, 1.807) is 19.5 Å². The van der Waals surface area contributed by atoms with Crippen LogP contribution < -0.4 is 4.74 Å². The van der Waals surface area contributed by atoms with Gasteiger partial charge in [0.05, 0.1) is 19.5 Å². The van der Waals surface area contributed by atoms with Gasteiger partial charge < -0.3 is 9.64 Å².